The van der Waals surface area contributed by atoms with Crippen molar-refractivity contribution in [1.82, 2.24) is 0 Å². The molecule has 0 aliphatic carbocycles. The van der Waals surface area contributed by atoms with Gasteiger partial charge in [-0.1, -0.05) is 42.5 Å². The lowest BCUT2D eigenvalue weighted by Gasteiger charge is -2.20. The van der Waals surface area contributed by atoms with Gasteiger partial charge in [-0.05, 0) is 48.0 Å². The van der Waals surface area contributed by atoms with Crippen molar-refractivity contribution in [3.63, 3.8) is 0 Å². The first-order chi connectivity index (χ1) is 14.4. The van der Waals surface area contributed by atoms with Crippen LogP contribution in [0.1, 0.15) is 15.9 Å². The number of methoxy groups -OCH3 is 1. The summed E-state index contributed by atoms with van der Waals surface area (Å²) in [6, 6.07) is 22.6. The van der Waals surface area contributed by atoms with Gasteiger partial charge in [0.05, 0.1) is 23.8 Å². The molecule has 0 heterocycles. The van der Waals surface area contributed by atoms with Gasteiger partial charge in [0.15, 0.2) is 0 Å². The van der Waals surface area contributed by atoms with Crippen LogP contribution in [0.2, 0.25) is 0 Å². The van der Waals surface area contributed by atoms with Crippen LogP contribution in [0.25, 0.3) is 6.08 Å². The van der Waals surface area contributed by atoms with E-state index >= 15 is 0 Å². The maximum atomic E-state index is 12.8. The number of amides is 1. The second kappa shape index (κ2) is 9.28. The van der Waals surface area contributed by atoms with Gasteiger partial charge in [-0.2, -0.15) is 0 Å². The summed E-state index contributed by atoms with van der Waals surface area (Å²) in [6.45, 7) is 0. The average Bonchev–Trinajstić information content (AvgIpc) is 2.78. The standard InChI is InChI=1S/C23H22N2O4S/c1-25(30(27,28)17-16-18-8-4-3-5-9-18)22-11-7-6-10-21(22)23(26)24-19-12-14-20(29-2)15-13-19/h3-17H,1-2H3,(H,24,26)/b17-16+. The number of carbonyl (C=O) groups excluding carboxylic acids is 1. The van der Waals surface area contributed by atoms with Crippen molar-refractivity contribution >= 4 is 33.4 Å². The number of sulfonamides is 1. The van der Waals surface area contributed by atoms with E-state index in [9.17, 15) is 13.2 Å². The minimum absolute atomic E-state index is 0.243. The Morgan fingerprint density at radius 2 is 1.57 bits per heavy atom. The molecule has 0 spiro atoms. The monoisotopic (exact) mass is 422 g/mol. The molecule has 3 aromatic carbocycles. The SMILES string of the molecule is COc1ccc(NC(=O)c2ccccc2N(C)S(=O)(=O)/C=C/c2ccccc2)cc1. The summed E-state index contributed by atoms with van der Waals surface area (Å²) in [6.07, 6.45) is 1.52. The van der Waals surface area contributed by atoms with Crippen LogP contribution in [-0.4, -0.2) is 28.5 Å². The van der Waals surface area contributed by atoms with Gasteiger partial charge < -0.3 is 10.1 Å². The zero-order valence-electron chi connectivity index (χ0n) is 16.6. The number of hydrogen-bond acceptors (Lipinski definition) is 4. The summed E-state index contributed by atoms with van der Waals surface area (Å²) in [5.41, 5.74) is 1.86. The quantitative estimate of drug-likeness (QED) is 0.613. The molecule has 1 amide bonds. The Balaban J connectivity index is 1.84. The topological polar surface area (TPSA) is 75.7 Å². The molecule has 0 atom stereocenters. The van der Waals surface area contributed by atoms with Gasteiger partial charge in [0.2, 0.25) is 0 Å². The number of hydrogen-bond donors (Lipinski definition) is 1. The number of benzene rings is 3. The molecule has 0 aliphatic rings. The van der Waals surface area contributed by atoms with Gasteiger partial charge in [0, 0.05) is 12.7 Å². The normalized spacial score (nSPS) is 11.3. The van der Waals surface area contributed by atoms with Crippen LogP contribution >= 0.6 is 0 Å². The van der Waals surface area contributed by atoms with E-state index in [4.69, 9.17) is 4.74 Å². The third-order valence-corrected chi connectivity index (χ3v) is 5.89. The van der Waals surface area contributed by atoms with E-state index in [0.717, 1.165) is 15.3 Å². The summed E-state index contributed by atoms with van der Waals surface area (Å²) < 4.78 is 31.8. The molecule has 3 aromatic rings. The van der Waals surface area contributed by atoms with Crippen molar-refractivity contribution < 1.29 is 17.9 Å². The summed E-state index contributed by atoms with van der Waals surface area (Å²) in [4.78, 5) is 12.8. The maximum Gasteiger partial charge on any atom is 0.257 e. The van der Waals surface area contributed by atoms with Gasteiger partial charge in [0.25, 0.3) is 15.9 Å². The van der Waals surface area contributed by atoms with Gasteiger partial charge in [-0.25, -0.2) is 8.42 Å². The van der Waals surface area contributed by atoms with Crippen molar-refractivity contribution in [3.05, 3.63) is 95.4 Å². The minimum Gasteiger partial charge on any atom is -0.497 e. The third-order valence-electron chi connectivity index (χ3n) is 4.45. The molecule has 30 heavy (non-hydrogen) atoms. The van der Waals surface area contributed by atoms with Crippen LogP contribution in [0.4, 0.5) is 11.4 Å². The molecule has 7 heteroatoms. The molecule has 0 aliphatic heterocycles. The van der Waals surface area contributed by atoms with E-state index in [2.05, 4.69) is 5.32 Å². The first-order valence-corrected chi connectivity index (χ1v) is 10.7. The zero-order valence-corrected chi connectivity index (χ0v) is 17.5. The maximum absolute atomic E-state index is 12.8. The van der Waals surface area contributed by atoms with E-state index in [1.165, 1.54) is 13.1 Å². The Morgan fingerprint density at radius 3 is 2.23 bits per heavy atom. The fraction of sp³-hybridized carbons (Fsp3) is 0.0870. The Morgan fingerprint density at radius 1 is 0.933 bits per heavy atom. The molecule has 0 fully saturated rings. The lowest BCUT2D eigenvalue weighted by atomic mass is 10.1. The lowest BCUT2D eigenvalue weighted by Crippen LogP contribution is -2.27. The molecule has 0 aromatic heterocycles. The Bertz CT molecular complexity index is 1140. The molecular weight excluding hydrogens is 400 g/mol. The molecule has 0 unspecified atom stereocenters. The number of para-hydroxylation sites is 1. The predicted molar refractivity (Wildman–Crippen MR) is 120 cm³/mol. The number of nitrogens with zero attached hydrogens (tertiary/aromatic N) is 1. The number of nitrogens with one attached hydrogen (secondary N) is 1. The molecular formula is C23H22N2O4S. The van der Waals surface area contributed by atoms with Crippen LogP contribution in [0.15, 0.2) is 84.3 Å². The fourth-order valence-corrected chi connectivity index (χ4v) is 3.72. The lowest BCUT2D eigenvalue weighted by molar-refractivity contribution is 0.102. The average molecular weight is 423 g/mol. The molecule has 6 nitrogen and oxygen atoms in total. The van der Waals surface area contributed by atoms with Crippen molar-refractivity contribution in [2.75, 3.05) is 23.8 Å². The molecule has 0 saturated heterocycles. The number of rotatable bonds is 7. The first kappa shape index (κ1) is 21.1. The number of carbonyl (C=O) groups is 1. The number of anilines is 2. The van der Waals surface area contributed by atoms with Crippen molar-refractivity contribution in [2.45, 2.75) is 0 Å². The van der Waals surface area contributed by atoms with E-state index in [1.54, 1.807) is 55.6 Å². The highest BCUT2D eigenvalue weighted by Gasteiger charge is 2.21. The van der Waals surface area contributed by atoms with Crippen LogP contribution in [-0.2, 0) is 10.0 Å². The highest BCUT2D eigenvalue weighted by atomic mass is 32.2. The van der Waals surface area contributed by atoms with E-state index < -0.39 is 15.9 Å². The molecule has 1 N–H and O–H groups in total. The highest BCUT2D eigenvalue weighted by Crippen LogP contribution is 2.24. The van der Waals surface area contributed by atoms with Gasteiger partial charge in [-0.15, -0.1) is 0 Å². The van der Waals surface area contributed by atoms with Crippen molar-refractivity contribution in [3.8, 4) is 5.75 Å². The minimum atomic E-state index is -3.79. The second-order valence-corrected chi connectivity index (χ2v) is 8.28. The molecule has 0 bridgehead atoms. The van der Waals surface area contributed by atoms with Crippen LogP contribution < -0.4 is 14.4 Å². The Hall–Kier alpha value is -3.58. The number of ether oxygens (including phenoxy) is 1. The van der Waals surface area contributed by atoms with Crippen molar-refractivity contribution in [2.24, 2.45) is 0 Å². The molecule has 154 valence electrons. The zero-order chi connectivity index (χ0) is 21.6. The van der Waals surface area contributed by atoms with Gasteiger partial charge in [-0.3, -0.25) is 9.10 Å². The Labute approximate surface area is 176 Å². The van der Waals surface area contributed by atoms with E-state index in [0.29, 0.717) is 11.4 Å². The summed E-state index contributed by atoms with van der Waals surface area (Å²) in [5.74, 6) is 0.259. The molecule has 0 saturated carbocycles. The van der Waals surface area contributed by atoms with Crippen LogP contribution in [0.5, 0.6) is 5.75 Å². The fourth-order valence-electron chi connectivity index (χ4n) is 2.77. The van der Waals surface area contributed by atoms with Crippen LogP contribution in [0, 0.1) is 0 Å². The van der Waals surface area contributed by atoms with Gasteiger partial charge in [0.1, 0.15) is 5.75 Å². The highest BCUT2D eigenvalue weighted by molar-refractivity contribution is 7.95. The first-order valence-electron chi connectivity index (χ1n) is 9.17. The molecule has 3 rings (SSSR count). The summed E-state index contributed by atoms with van der Waals surface area (Å²) in [7, 11) is -0.811. The van der Waals surface area contributed by atoms with E-state index in [-0.39, 0.29) is 11.3 Å². The van der Waals surface area contributed by atoms with Gasteiger partial charge >= 0.3 is 0 Å². The summed E-state index contributed by atoms with van der Waals surface area (Å²) in [5, 5.41) is 3.91. The third kappa shape index (κ3) is 5.07. The molecule has 0 radical (unpaired) electrons. The van der Waals surface area contributed by atoms with Crippen molar-refractivity contribution in [1.29, 1.82) is 0 Å². The Kier molecular flexibility index (Phi) is 6.54. The van der Waals surface area contributed by atoms with E-state index in [1.807, 2.05) is 30.3 Å². The second-order valence-electron chi connectivity index (χ2n) is 6.43. The predicted octanol–water partition coefficient (Wildman–Crippen LogP) is 4.38. The van der Waals surface area contributed by atoms with Crippen LogP contribution in [0.3, 0.4) is 0 Å². The smallest absolute Gasteiger partial charge is 0.257 e. The largest absolute Gasteiger partial charge is 0.497 e. The summed E-state index contributed by atoms with van der Waals surface area (Å²) >= 11 is 0.